The highest BCUT2D eigenvalue weighted by Crippen LogP contribution is 1.78. The Morgan fingerprint density at radius 3 is 2.00 bits per heavy atom. The van der Waals surface area contributed by atoms with Crippen molar-refractivity contribution in [3.05, 3.63) is 0 Å². The smallest absolute Gasteiger partial charge is 0.403 e. The first-order valence-electron chi connectivity index (χ1n) is 1.73. The molecule has 0 N–H and O–H groups in total. The molecule has 0 atom stereocenters. The van der Waals surface area contributed by atoms with Crippen LogP contribution in [0.1, 0.15) is 6.92 Å². The number of hydrogen-bond donors (Lipinski definition) is 0. The van der Waals surface area contributed by atoms with Gasteiger partial charge in [-0.15, -0.1) is 0 Å². The van der Waals surface area contributed by atoms with Gasteiger partial charge in [-0.3, -0.25) is 0 Å². The second kappa shape index (κ2) is 9.54. The Bertz CT molecular complexity index is 96.7. The third kappa shape index (κ3) is 60.7. The summed E-state index contributed by atoms with van der Waals surface area (Å²) in [5, 5.41) is 7.32. The van der Waals surface area contributed by atoms with Crippen LogP contribution in [0.3, 0.4) is 0 Å². The van der Waals surface area contributed by atoms with Gasteiger partial charge in [0.1, 0.15) is 0 Å². The lowest BCUT2D eigenvalue weighted by atomic mass is 11.0. The lowest BCUT2D eigenvalue weighted by Gasteiger charge is -1.77. The molecule has 0 radical (unpaired) electrons. The topological polar surface area (TPSA) is 50.1 Å². The molecule has 0 rings (SSSR count). The lowest BCUT2D eigenvalue weighted by Crippen LogP contribution is -1.80. The molecule has 0 bridgehead atoms. The highest BCUT2D eigenvalue weighted by Gasteiger charge is 1.80. The second-order valence-electron chi connectivity index (χ2n) is 0.665. The van der Waals surface area contributed by atoms with Gasteiger partial charge < -0.3 is 4.74 Å². The Morgan fingerprint density at radius 2 is 2.00 bits per heavy atom. The van der Waals surface area contributed by atoms with Crippen LogP contribution in [0.25, 0.3) is 0 Å². The van der Waals surface area contributed by atoms with Crippen molar-refractivity contribution in [2.45, 2.75) is 6.92 Å². The highest BCUT2D eigenvalue weighted by atomic mass is 35.5. The molecule has 0 saturated heterocycles. The van der Waals surface area contributed by atoms with Gasteiger partial charge in [0.15, 0.2) is 0 Å². The van der Waals surface area contributed by atoms with Gasteiger partial charge in [0, 0.05) is 18.5 Å². The van der Waals surface area contributed by atoms with E-state index in [1.54, 1.807) is 6.07 Å². The molecule has 8 heavy (non-hydrogen) atoms. The van der Waals surface area contributed by atoms with E-state index >= 15 is 0 Å². The quantitative estimate of drug-likeness (QED) is 0.473. The summed E-state index contributed by atoms with van der Waals surface area (Å²) in [5.74, 6) is 0. The third-order valence-electron chi connectivity index (χ3n) is 0.160. The van der Waals surface area contributed by atoms with Crippen molar-refractivity contribution in [3.8, 4) is 6.07 Å². The van der Waals surface area contributed by atoms with E-state index in [2.05, 4.69) is 16.3 Å². The summed E-state index contributed by atoms with van der Waals surface area (Å²) in [6, 6.07) is 1.75. The van der Waals surface area contributed by atoms with Gasteiger partial charge >= 0.3 is 5.43 Å². The molecule has 0 aromatic carbocycles. The minimum Gasteiger partial charge on any atom is -0.457 e. The Hall–Kier alpha value is -0.750. The van der Waals surface area contributed by atoms with Gasteiger partial charge in [-0.2, -0.15) is 5.26 Å². The largest absolute Gasteiger partial charge is 0.457 e. The summed E-state index contributed by atoms with van der Waals surface area (Å²) < 4.78 is 3.88. The van der Waals surface area contributed by atoms with Crippen LogP contribution < -0.4 is 0 Å². The summed E-state index contributed by atoms with van der Waals surface area (Å²) in [7, 11) is 1.22. The lowest BCUT2D eigenvalue weighted by molar-refractivity contribution is 0.198. The Kier molecular flexibility index (Phi) is 12.2. The molecule has 0 spiro atoms. The summed E-state index contributed by atoms with van der Waals surface area (Å²) in [5.41, 5.74) is -0.773. The van der Waals surface area contributed by atoms with Gasteiger partial charge in [-0.05, 0) is 0 Å². The number of halogens is 1. The summed E-state index contributed by atoms with van der Waals surface area (Å²) in [6.45, 7) is 1.43. The fourth-order valence-corrected chi connectivity index (χ4v) is 0. The number of nitrogens with zero attached hydrogens (tertiary/aromatic N) is 1. The first kappa shape index (κ1) is 10.3. The molecule has 0 aliphatic rings. The number of carbonyl (C=O) groups excluding carboxylic acids is 1. The molecule has 0 fully saturated rings. The van der Waals surface area contributed by atoms with E-state index in [9.17, 15) is 4.79 Å². The van der Waals surface area contributed by atoms with Gasteiger partial charge in [-0.1, -0.05) is 0 Å². The van der Waals surface area contributed by atoms with E-state index in [-0.39, 0.29) is 0 Å². The first-order chi connectivity index (χ1) is 3.68. The maximum Gasteiger partial charge on any atom is 0.403 e. The Morgan fingerprint density at radius 1 is 1.88 bits per heavy atom. The van der Waals surface area contributed by atoms with Crippen LogP contribution in [0.15, 0.2) is 0 Å². The predicted molar refractivity (Wildman–Crippen MR) is 29.5 cm³/mol. The molecule has 0 aromatic heterocycles. The Labute approximate surface area is 52.8 Å². The van der Waals surface area contributed by atoms with Gasteiger partial charge in [0.2, 0.25) is 0 Å². The molecule has 46 valence electrons. The number of nitriles is 1. The maximum atomic E-state index is 9.36. The van der Waals surface area contributed by atoms with Crippen molar-refractivity contribution in [2.75, 3.05) is 7.11 Å². The predicted octanol–water partition coefficient (Wildman–Crippen LogP) is 1.52. The van der Waals surface area contributed by atoms with Crippen LogP contribution in [0.4, 0.5) is 4.79 Å². The fourth-order valence-electron chi connectivity index (χ4n) is 0. The molecular weight excluding hydrogens is 130 g/mol. The number of ether oxygens (including phenoxy) is 1. The molecule has 0 aromatic rings. The molecule has 0 saturated carbocycles. The molecule has 4 heteroatoms. The van der Waals surface area contributed by atoms with Crippen LogP contribution in [-0.2, 0) is 4.74 Å². The minimum absolute atomic E-state index is 0.773. The zero-order valence-electron chi connectivity index (χ0n) is 4.64. The zero-order chi connectivity index (χ0) is 6.99. The fraction of sp³-hybridized carbons (Fsp3) is 0.500. The van der Waals surface area contributed by atoms with Crippen molar-refractivity contribution in [1.82, 2.24) is 0 Å². The van der Waals surface area contributed by atoms with Crippen LogP contribution in [0, 0.1) is 11.3 Å². The number of hydrogen-bond acceptors (Lipinski definition) is 3. The van der Waals surface area contributed by atoms with Crippen molar-refractivity contribution in [3.63, 3.8) is 0 Å². The number of rotatable bonds is 0. The van der Waals surface area contributed by atoms with E-state index in [1.807, 2.05) is 0 Å². The van der Waals surface area contributed by atoms with Crippen molar-refractivity contribution < 1.29 is 9.53 Å². The van der Waals surface area contributed by atoms with Crippen molar-refractivity contribution >= 4 is 17.0 Å². The number of carbonyl (C=O) groups is 1. The van der Waals surface area contributed by atoms with E-state index < -0.39 is 5.43 Å². The molecule has 0 heterocycles. The normalized spacial score (nSPS) is 5.25. The molecular formula is C4H6ClNO2. The molecule has 0 aliphatic carbocycles. The maximum absolute atomic E-state index is 9.36. The highest BCUT2D eigenvalue weighted by molar-refractivity contribution is 6.61. The Balaban J connectivity index is 0. The van der Waals surface area contributed by atoms with Crippen LogP contribution in [0.5, 0.6) is 0 Å². The van der Waals surface area contributed by atoms with E-state index in [0.717, 1.165) is 0 Å². The average Bonchev–Trinajstić information content (AvgIpc) is 1.69. The van der Waals surface area contributed by atoms with E-state index in [1.165, 1.54) is 14.0 Å². The first-order valence-corrected chi connectivity index (χ1v) is 2.11. The average molecular weight is 136 g/mol. The molecule has 3 nitrogen and oxygen atoms in total. The summed E-state index contributed by atoms with van der Waals surface area (Å²) in [4.78, 5) is 9.36. The summed E-state index contributed by atoms with van der Waals surface area (Å²) >= 11 is 4.60. The molecule has 0 amide bonds. The summed E-state index contributed by atoms with van der Waals surface area (Å²) in [6.07, 6.45) is 0. The van der Waals surface area contributed by atoms with Gasteiger partial charge in [0.25, 0.3) is 0 Å². The van der Waals surface area contributed by atoms with Crippen LogP contribution in [0.2, 0.25) is 0 Å². The van der Waals surface area contributed by atoms with Crippen molar-refractivity contribution in [2.24, 2.45) is 0 Å². The monoisotopic (exact) mass is 135 g/mol. The van der Waals surface area contributed by atoms with Gasteiger partial charge in [0.05, 0.1) is 13.2 Å². The van der Waals surface area contributed by atoms with E-state index in [0.29, 0.717) is 0 Å². The SMILES string of the molecule is CC#N.COC(=O)Cl. The zero-order valence-corrected chi connectivity index (χ0v) is 5.40. The second-order valence-corrected chi connectivity index (χ2v) is 0.974. The third-order valence-corrected chi connectivity index (χ3v) is 0.315. The number of methoxy groups -OCH3 is 1. The van der Waals surface area contributed by atoms with Gasteiger partial charge in [-0.25, -0.2) is 4.79 Å². The molecule has 0 unspecified atom stereocenters. The van der Waals surface area contributed by atoms with Crippen LogP contribution >= 0.6 is 11.6 Å². The van der Waals surface area contributed by atoms with E-state index in [4.69, 9.17) is 5.26 Å². The van der Waals surface area contributed by atoms with Crippen LogP contribution in [-0.4, -0.2) is 12.5 Å². The molecule has 0 aliphatic heterocycles. The van der Waals surface area contributed by atoms with Crippen molar-refractivity contribution in [1.29, 1.82) is 5.26 Å². The minimum atomic E-state index is -0.773. The standard InChI is InChI=1S/C2H3ClO2.C2H3N/c1-5-2(3)4;1-2-3/h1H3;1H3.